The largest absolute Gasteiger partial charge is 0.457 e. The van der Waals surface area contributed by atoms with Crippen LogP contribution in [0, 0.1) is 0 Å². The van der Waals surface area contributed by atoms with Crippen LogP contribution in [0.3, 0.4) is 0 Å². The number of amides is 1. The molecule has 0 bridgehead atoms. The van der Waals surface area contributed by atoms with E-state index in [0.29, 0.717) is 31.2 Å². The van der Waals surface area contributed by atoms with Crippen molar-refractivity contribution in [1.82, 2.24) is 9.88 Å². The first kappa shape index (κ1) is 21.1. The lowest BCUT2D eigenvalue weighted by Gasteiger charge is -2.19. The van der Waals surface area contributed by atoms with Crippen molar-refractivity contribution in [3.05, 3.63) is 89.2 Å². The molecule has 0 aliphatic carbocycles. The molecule has 0 saturated carbocycles. The maximum Gasteiger partial charge on any atom is 0.223 e. The summed E-state index contributed by atoms with van der Waals surface area (Å²) in [7, 11) is 0. The normalized spacial score (nSPS) is 16.2. The van der Waals surface area contributed by atoms with Gasteiger partial charge in [-0.15, -0.1) is 0 Å². The lowest BCUT2D eigenvalue weighted by Crippen LogP contribution is -2.24. The third-order valence-corrected chi connectivity index (χ3v) is 5.79. The van der Waals surface area contributed by atoms with E-state index >= 15 is 0 Å². The number of ether oxygens (including phenoxy) is 1. The van der Waals surface area contributed by atoms with E-state index in [1.54, 1.807) is 6.20 Å². The number of aliphatic hydroxyl groups excluding tert-OH is 1. The van der Waals surface area contributed by atoms with Crippen LogP contribution in [0.4, 0.5) is 0 Å². The number of para-hydroxylation sites is 1. The number of aliphatic hydroxyl groups is 1. The molecule has 1 saturated heterocycles. The molecule has 0 radical (unpaired) electrons. The number of likely N-dealkylation sites (tertiary alicyclic amines) is 1. The fourth-order valence-electron chi connectivity index (χ4n) is 4.18. The summed E-state index contributed by atoms with van der Waals surface area (Å²) in [5, 5.41) is 10.0. The average Bonchev–Trinajstić information content (AvgIpc) is 3.14. The van der Waals surface area contributed by atoms with Gasteiger partial charge in [0.15, 0.2) is 0 Å². The second kappa shape index (κ2) is 9.31. The highest BCUT2D eigenvalue weighted by molar-refractivity contribution is 5.80. The van der Waals surface area contributed by atoms with Crippen molar-refractivity contribution in [3.63, 3.8) is 0 Å². The molecule has 1 fully saturated rings. The molecule has 0 spiro atoms. The lowest BCUT2D eigenvalue weighted by atomic mass is 9.93. The van der Waals surface area contributed by atoms with Gasteiger partial charge in [0.1, 0.15) is 11.5 Å². The van der Waals surface area contributed by atoms with Gasteiger partial charge in [-0.2, -0.15) is 0 Å². The van der Waals surface area contributed by atoms with E-state index in [9.17, 15) is 9.90 Å². The summed E-state index contributed by atoms with van der Waals surface area (Å²) in [6.07, 6.45) is 2.18. The third kappa shape index (κ3) is 4.78. The molecule has 1 unspecified atom stereocenters. The molecule has 160 valence electrons. The van der Waals surface area contributed by atoms with Crippen LogP contribution in [-0.4, -0.2) is 27.4 Å². The van der Waals surface area contributed by atoms with Crippen molar-refractivity contribution in [2.24, 2.45) is 0 Å². The first-order valence-corrected chi connectivity index (χ1v) is 10.7. The van der Waals surface area contributed by atoms with Crippen molar-refractivity contribution in [3.8, 4) is 11.5 Å². The number of aromatic nitrogens is 1. The second-order valence-corrected chi connectivity index (χ2v) is 8.31. The van der Waals surface area contributed by atoms with E-state index in [4.69, 9.17) is 4.74 Å². The Hall–Kier alpha value is -3.18. The molecule has 5 nitrogen and oxygen atoms in total. The summed E-state index contributed by atoms with van der Waals surface area (Å²) in [6, 6.07) is 19.5. The smallest absolute Gasteiger partial charge is 0.223 e. The van der Waals surface area contributed by atoms with Crippen LogP contribution in [-0.2, 0) is 17.9 Å². The number of benzene rings is 2. The van der Waals surface area contributed by atoms with E-state index in [2.05, 4.69) is 24.9 Å². The number of nitrogens with zero attached hydrogens (tertiary/aromatic N) is 2. The van der Waals surface area contributed by atoms with Gasteiger partial charge in [0.05, 0.1) is 18.8 Å². The second-order valence-electron chi connectivity index (χ2n) is 8.31. The van der Waals surface area contributed by atoms with Gasteiger partial charge in [-0.05, 0) is 52.9 Å². The molecule has 1 amide bonds. The summed E-state index contributed by atoms with van der Waals surface area (Å²) in [5.74, 6) is 2.03. The van der Waals surface area contributed by atoms with E-state index in [0.717, 1.165) is 28.1 Å². The van der Waals surface area contributed by atoms with E-state index in [1.807, 2.05) is 59.5 Å². The zero-order valence-corrected chi connectivity index (χ0v) is 18.0. The van der Waals surface area contributed by atoms with E-state index in [-0.39, 0.29) is 18.4 Å². The molecule has 3 aromatic rings. The minimum Gasteiger partial charge on any atom is -0.457 e. The first-order chi connectivity index (χ1) is 15.0. The SMILES string of the molecule is CC(C)c1ccccc1Oc1ccc(C2CC(=O)N(Cc3ccccn3)C2)c(CO)c1. The minimum atomic E-state index is -0.0940. The summed E-state index contributed by atoms with van der Waals surface area (Å²) >= 11 is 0. The van der Waals surface area contributed by atoms with Gasteiger partial charge in [0, 0.05) is 25.1 Å². The highest BCUT2D eigenvalue weighted by Gasteiger charge is 2.32. The highest BCUT2D eigenvalue weighted by atomic mass is 16.5. The maximum absolute atomic E-state index is 12.6. The molecule has 1 N–H and O–H groups in total. The van der Waals surface area contributed by atoms with Crippen LogP contribution in [0.5, 0.6) is 11.5 Å². The van der Waals surface area contributed by atoms with Crippen LogP contribution < -0.4 is 4.74 Å². The van der Waals surface area contributed by atoms with Crippen LogP contribution in [0.1, 0.15) is 54.5 Å². The maximum atomic E-state index is 12.6. The van der Waals surface area contributed by atoms with Gasteiger partial charge >= 0.3 is 0 Å². The van der Waals surface area contributed by atoms with Crippen LogP contribution in [0.15, 0.2) is 66.9 Å². The third-order valence-electron chi connectivity index (χ3n) is 5.79. The fourth-order valence-corrected chi connectivity index (χ4v) is 4.18. The lowest BCUT2D eigenvalue weighted by molar-refractivity contribution is -0.128. The number of rotatable bonds is 7. The molecule has 5 heteroatoms. The quantitative estimate of drug-likeness (QED) is 0.588. The van der Waals surface area contributed by atoms with Gasteiger partial charge in [-0.3, -0.25) is 9.78 Å². The number of carbonyl (C=O) groups excluding carboxylic acids is 1. The van der Waals surface area contributed by atoms with E-state index < -0.39 is 0 Å². The molecule has 1 aliphatic rings. The Balaban J connectivity index is 1.52. The van der Waals surface area contributed by atoms with Crippen LogP contribution in [0.25, 0.3) is 0 Å². The standard InChI is InChI=1S/C26H28N2O3/c1-18(2)23-8-3-4-9-25(23)31-22-10-11-24(20(13-22)17-29)19-14-26(30)28(15-19)16-21-7-5-6-12-27-21/h3-13,18-19,29H,14-17H2,1-2H3. The Morgan fingerprint density at radius 3 is 2.68 bits per heavy atom. The van der Waals surface area contributed by atoms with Gasteiger partial charge in [0.25, 0.3) is 0 Å². The Kier molecular flexibility index (Phi) is 6.33. The van der Waals surface area contributed by atoms with Crippen molar-refractivity contribution < 1.29 is 14.6 Å². The fraction of sp³-hybridized carbons (Fsp3) is 0.308. The highest BCUT2D eigenvalue weighted by Crippen LogP contribution is 2.35. The molecule has 1 aliphatic heterocycles. The van der Waals surface area contributed by atoms with Crippen LogP contribution >= 0.6 is 0 Å². The minimum absolute atomic E-state index is 0.0513. The number of hydrogen-bond donors (Lipinski definition) is 1. The average molecular weight is 417 g/mol. The number of carbonyl (C=O) groups is 1. The summed E-state index contributed by atoms with van der Waals surface area (Å²) in [5.41, 5.74) is 3.83. The predicted molar refractivity (Wildman–Crippen MR) is 120 cm³/mol. The number of pyridine rings is 1. The number of hydrogen-bond acceptors (Lipinski definition) is 4. The summed E-state index contributed by atoms with van der Waals surface area (Å²) in [6.45, 7) is 5.32. The van der Waals surface area contributed by atoms with Crippen molar-refractivity contribution >= 4 is 5.91 Å². The molecular weight excluding hydrogens is 388 g/mol. The van der Waals surface area contributed by atoms with Crippen molar-refractivity contribution in [2.75, 3.05) is 6.54 Å². The molecule has 1 aromatic heterocycles. The molecule has 2 heterocycles. The van der Waals surface area contributed by atoms with Gasteiger partial charge in [-0.25, -0.2) is 0 Å². The monoisotopic (exact) mass is 416 g/mol. The Bertz CT molecular complexity index is 1050. The zero-order valence-electron chi connectivity index (χ0n) is 18.0. The Morgan fingerprint density at radius 2 is 1.94 bits per heavy atom. The molecular formula is C26H28N2O3. The first-order valence-electron chi connectivity index (χ1n) is 10.7. The van der Waals surface area contributed by atoms with Gasteiger partial charge in [0.2, 0.25) is 5.91 Å². The van der Waals surface area contributed by atoms with E-state index in [1.165, 1.54) is 0 Å². The summed E-state index contributed by atoms with van der Waals surface area (Å²) in [4.78, 5) is 18.8. The molecule has 2 aromatic carbocycles. The van der Waals surface area contributed by atoms with Crippen molar-refractivity contribution in [1.29, 1.82) is 0 Å². The van der Waals surface area contributed by atoms with Gasteiger partial charge in [-0.1, -0.05) is 44.2 Å². The Morgan fingerprint density at radius 1 is 1.13 bits per heavy atom. The topological polar surface area (TPSA) is 62.7 Å². The molecule has 31 heavy (non-hydrogen) atoms. The Labute approximate surface area is 183 Å². The molecule has 4 rings (SSSR count). The van der Waals surface area contributed by atoms with Crippen LogP contribution in [0.2, 0.25) is 0 Å². The summed E-state index contributed by atoms with van der Waals surface area (Å²) < 4.78 is 6.16. The molecule has 1 atom stereocenters. The zero-order chi connectivity index (χ0) is 21.8. The van der Waals surface area contributed by atoms with Gasteiger partial charge < -0.3 is 14.7 Å². The predicted octanol–water partition coefficient (Wildman–Crippen LogP) is 5.01. The van der Waals surface area contributed by atoms with Crippen molar-refractivity contribution in [2.45, 2.75) is 45.3 Å².